The van der Waals surface area contributed by atoms with Gasteiger partial charge in [0.15, 0.2) is 11.5 Å². The van der Waals surface area contributed by atoms with E-state index >= 15 is 0 Å². The molecule has 2 aliphatic rings. The molecule has 114 valence electrons. The number of carbonyl (C=O) groups excluding carboxylic acids is 1. The lowest BCUT2D eigenvalue weighted by atomic mass is 9.95. The summed E-state index contributed by atoms with van der Waals surface area (Å²) in [6, 6.07) is 8.06. The third-order valence-corrected chi connectivity index (χ3v) is 4.23. The fraction of sp³-hybridized carbons (Fsp3) is 0.588. The topological polar surface area (TPSA) is 47.6 Å². The monoisotopic (exact) mass is 289 g/mol. The summed E-state index contributed by atoms with van der Waals surface area (Å²) in [5.41, 5.74) is 0. The van der Waals surface area contributed by atoms with Gasteiger partial charge in [-0.05, 0) is 31.4 Å². The number of rotatable bonds is 4. The average molecular weight is 289 g/mol. The van der Waals surface area contributed by atoms with Crippen molar-refractivity contribution in [2.24, 2.45) is 0 Å². The molecule has 0 spiro atoms. The minimum atomic E-state index is -0.0306. The summed E-state index contributed by atoms with van der Waals surface area (Å²) in [5, 5.41) is 3.14. The SMILES string of the molecule is O=C(CC[C@@H]1COc2ccccc2O1)NC1CCCCC1. The van der Waals surface area contributed by atoms with Crippen molar-refractivity contribution in [1.82, 2.24) is 5.32 Å². The van der Waals surface area contributed by atoms with Crippen LogP contribution in [0.4, 0.5) is 0 Å². The van der Waals surface area contributed by atoms with Gasteiger partial charge >= 0.3 is 0 Å². The third-order valence-electron chi connectivity index (χ3n) is 4.23. The minimum Gasteiger partial charge on any atom is -0.486 e. The second-order valence-electron chi connectivity index (χ2n) is 5.94. The summed E-state index contributed by atoms with van der Waals surface area (Å²) in [5.74, 6) is 1.71. The zero-order chi connectivity index (χ0) is 14.5. The number of hydrogen-bond donors (Lipinski definition) is 1. The molecule has 0 bridgehead atoms. The molecule has 1 N–H and O–H groups in total. The number of fused-ring (bicyclic) bond motifs is 1. The largest absolute Gasteiger partial charge is 0.486 e. The molecule has 4 heteroatoms. The van der Waals surface area contributed by atoms with E-state index in [9.17, 15) is 4.79 Å². The van der Waals surface area contributed by atoms with Crippen LogP contribution in [-0.2, 0) is 4.79 Å². The van der Waals surface area contributed by atoms with Crippen LogP contribution in [0.5, 0.6) is 11.5 Å². The number of amides is 1. The van der Waals surface area contributed by atoms with Gasteiger partial charge in [-0.25, -0.2) is 0 Å². The highest BCUT2D eigenvalue weighted by atomic mass is 16.6. The molecule has 1 saturated carbocycles. The van der Waals surface area contributed by atoms with E-state index in [1.807, 2.05) is 24.3 Å². The molecule has 4 nitrogen and oxygen atoms in total. The quantitative estimate of drug-likeness (QED) is 0.926. The number of carbonyl (C=O) groups is 1. The van der Waals surface area contributed by atoms with E-state index in [1.165, 1.54) is 19.3 Å². The van der Waals surface area contributed by atoms with E-state index in [2.05, 4.69) is 5.32 Å². The molecule has 1 aliphatic heterocycles. The number of benzene rings is 1. The maximum atomic E-state index is 12.0. The van der Waals surface area contributed by atoms with Crippen molar-refractivity contribution in [3.63, 3.8) is 0 Å². The van der Waals surface area contributed by atoms with Crippen LogP contribution in [-0.4, -0.2) is 24.7 Å². The van der Waals surface area contributed by atoms with Gasteiger partial charge in [-0.3, -0.25) is 4.79 Å². The Labute approximate surface area is 125 Å². The summed E-state index contributed by atoms with van der Waals surface area (Å²) in [6.45, 7) is 0.522. The average Bonchev–Trinajstić information content (AvgIpc) is 2.54. The van der Waals surface area contributed by atoms with Crippen LogP contribution < -0.4 is 14.8 Å². The first-order chi connectivity index (χ1) is 10.3. The second-order valence-corrected chi connectivity index (χ2v) is 5.94. The van der Waals surface area contributed by atoms with E-state index in [0.717, 1.165) is 24.3 Å². The van der Waals surface area contributed by atoms with E-state index in [1.54, 1.807) is 0 Å². The number of ether oxygens (including phenoxy) is 2. The molecule has 0 aromatic heterocycles. The predicted octanol–water partition coefficient (Wildman–Crippen LogP) is 3.06. The highest BCUT2D eigenvalue weighted by Gasteiger charge is 2.22. The Morgan fingerprint density at radius 3 is 2.71 bits per heavy atom. The standard InChI is InChI=1S/C17H23NO3/c19-17(18-13-6-2-1-3-7-13)11-10-14-12-20-15-8-4-5-9-16(15)21-14/h4-5,8-9,13-14H,1-3,6-7,10-12H2,(H,18,19)/t14-/m1/s1. The Hall–Kier alpha value is -1.71. The third kappa shape index (κ3) is 3.90. The molecular formula is C17H23NO3. The highest BCUT2D eigenvalue weighted by Crippen LogP contribution is 2.31. The van der Waals surface area contributed by atoms with Crippen LogP contribution in [0.25, 0.3) is 0 Å². The lowest BCUT2D eigenvalue weighted by Crippen LogP contribution is -2.37. The fourth-order valence-corrected chi connectivity index (χ4v) is 3.04. The number of hydrogen-bond acceptors (Lipinski definition) is 3. The molecule has 0 radical (unpaired) electrons. The van der Waals surface area contributed by atoms with Gasteiger partial charge in [0.1, 0.15) is 12.7 Å². The van der Waals surface area contributed by atoms with Crippen LogP contribution >= 0.6 is 0 Å². The van der Waals surface area contributed by atoms with Crippen molar-refractivity contribution in [1.29, 1.82) is 0 Å². The second kappa shape index (κ2) is 6.83. The molecule has 1 atom stereocenters. The van der Waals surface area contributed by atoms with E-state index in [0.29, 0.717) is 25.5 Å². The molecule has 1 fully saturated rings. The smallest absolute Gasteiger partial charge is 0.220 e. The van der Waals surface area contributed by atoms with Crippen molar-refractivity contribution in [2.75, 3.05) is 6.61 Å². The van der Waals surface area contributed by atoms with Gasteiger partial charge in [0.2, 0.25) is 5.91 Å². The first-order valence-corrected chi connectivity index (χ1v) is 7.99. The van der Waals surface area contributed by atoms with E-state index in [4.69, 9.17) is 9.47 Å². The first kappa shape index (κ1) is 14.2. The summed E-state index contributed by atoms with van der Waals surface area (Å²) < 4.78 is 11.5. The van der Waals surface area contributed by atoms with Crippen molar-refractivity contribution in [3.8, 4) is 11.5 Å². The Morgan fingerprint density at radius 2 is 1.90 bits per heavy atom. The van der Waals surface area contributed by atoms with Gasteiger partial charge in [-0.1, -0.05) is 31.4 Å². The van der Waals surface area contributed by atoms with Crippen molar-refractivity contribution >= 4 is 5.91 Å². The van der Waals surface area contributed by atoms with Crippen LogP contribution in [0.2, 0.25) is 0 Å². The highest BCUT2D eigenvalue weighted by molar-refractivity contribution is 5.76. The van der Waals surface area contributed by atoms with Crippen LogP contribution in [0.1, 0.15) is 44.9 Å². The number of para-hydroxylation sites is 2. The number of nitrogens with one attached hydrogen (secondary N) is 1. The summed E-state index contributed by atoms with van der Waals surface area (Å²) in [7, 11) is 0. The zero-order valence-corrected chi connectivity index (χ0v) is 12.3. The minimum absolute atomic E-state index is 0.0306. The lowest BCUT2D eigenvalue weighted by molar-refractivity contribution is -0.122. The Kier molecular flexibility index (Phi) is 4.63. The summed E-state index contributed by atoms with van der Waals surface area (Å²) in [4.78, 5) is 12.0. The molecule has 1 amide bonds. The molecule has 0 saturated heterocycles. The van der Waals surface area contributed by atoms with Gasteiger partial charge in [0, 0.05) is 12.5 Å². The van der Waals surface area contributed by atoms with Gasteiger partial charge in [0.25, 0.3) is 0 Å². The normalized spacial score (nSPS) is 21.8. The van der Waals surface area contributed by atoms with Gasteiger partial charge < -0.3 is 14.8 Å². The van der Waals surface area contributed by atoms with Crippen molar-refractivity contribution in [3.05, 3.63) is 24.3 Å². The zero-order valence-electron chi connectivity index (χ0n) is 12.3. The molecule has 21 heavy (non-hydrogen) atoms. The molecule has 3 rings (SSSR count). The van der Waals surface area contributed by atoms with Gasteiger partial charge in [0.05, 0.1) is 0 Å². The van der Waals surface area contributed by atoms with Crippen LogP contribution in [0.15, 0.2) is 24.3 Å². The molecule has 1 aromatic carbocycles. The van der Waals surface area contributed by atoms with E-state index in [-0.39, 0.29) is 12.0 Å². The lowest BCUT2D eigenvalue weighted by Gasteiger charge is -2.27. The molecule has 1 aliphatic carbocycles. The summed E-state index contributed by atoms with van der Waals surface area (Å²) in [6.07, 6.45) is 7.21. The fourth-order valence-electron chi connectivity index (χ4n) is 3.04. The molecule has 1 heterocycles. The van der Waals surface area contributed by atoms with Crippen LogP contribution in [0.3, 0.4) is 0 Å². The van der Waals surface area contributed by atoms with Gasteiger partial charge in [-0.2, -0.15) is 0 Å². The van der Waals surface area contributed by atoms with Gasteiger partial charge in [-0.15, -0.1) is 0 Å². The maximum absolute atomic E-state index is 12.0. The van der Waals surface area contributed by atoms with Crippen molar-refractivity contribution < 1.29 is 14.3 Å². The Morgan fingerprint density at radius 1 is 1.14 bits per heavy atom. The molecule has 1 aromatic rings. The Balaban J connectivity index is 1.42. The Bertz CT molecular complexity index is 483. The van der Waals surface area contributed by atoms with E-state index < -0.39 is 0 Å². The van der Waals surface area contributed by atoms with Crippen molar-refractivity contribution in [2.45, 2.75) is 57.1 Å². The summed E-state index contributed by atoms with van der Waals surface area (Å²) >= 11 is 0. The maximum Gasteiger partial charge on any atom is 0.220 e. The molecular weight excluding hydrogens is 266 g/mol. The first-order valence-electron chi connectivity index (χ1n) is 7.99. The molecule has 0 unspecified atom stereocenters. The van der Waals surface area contributed by atoms with Crippen LogP contribution in [0, 0.1) is 0 Å². The predicted molar refractivity (Wildman–Crippen MR) is 80.6 cm³/mol.